The molecule has 0 radical (unpaired) electrons. The summed E-state index contributed by atoms with van der Waals surface area (Å²) in [6.07, 6.45) is 9.60. The Kier molecular flexibility index (Phi) is 10.6. The topological polar surface area (TPSA) is 29.1 Å². The monoisotopic (exact) mass is 227 g/mol. The lowest BCUT2D eigenvalue weighted by atomic mass is 10.0. The van der Waals surface area contributed by atoms with Crippen molar-refractivity contribution in [2.75, 3.05) is 6.54 Å². The van der Waals surface area contributed by atoms with Gasteiger partial charge in [-0.15, -0.1) is 0 Å². The van der Waals surface area contributed by atoms with Crippen LogP contribution in [0.2, 0.25) is 0 Å². The summed E-state index contributed by atoms with van der Waals surface area (Å²) in [5.41, 5.74) is 0. The molecule has 0 fully saturated rings. The average molecular weight is 227 g/mol. The molecule has 0 rings (SSSR count). The lowest BCUT2D eigenvalue weighted by molar-refractivity contribution is -0.125. The van der Waals surface area contributed by atoms with Gasteiger partial charge in [0, 0.05) is 12.5 Å². The number of unbranched alkanes of at least 4 members (excludes halogenated alkanes) is 5. The molecule has 16 heavy (non-hydrogen) atoms. The Morgan fingerprint density at radius 1 is 0.938 bits per heavy atom. The number of hydrogen-bond donors (Lipinski definition) is 1. The second-order valence-electron chi connectivity index (χ2n) is 4.57. The van der Waals surface area contributed by atoms with Crippen molar-refractivity contribution in [1.29, 1.82) is 0 Å². The highest BCUT2D eigenvalue weighted by atomic mass is 16.1. The van der Waals surface area contributed by atoms with Crippen LogP contribution < -0.4 is 5.32 Å². The summed E-state index contributed by atoms with van der Waals surface area (Å²) in [4.78, 5) is 11.6. The first-order chi connectivity index (χ1) is 7.76. The third-order valence-electron chi connectivity index (χ3n) is 3.19. The molecule has 0 spiro atoms. The van der Waals surface area contributed by atoms with E-state index < -0.39 is 0 Å². The van der Waals surface area contributed by atoms with Crippen LogP contribution >= 0.6 is 0 Å². The minimum Gasteiger partial charge on any atom is -0.356 e. The van der Waals surface area contributed by atoms with Gasteiger partial charge in [-0.25, -0.2) is 0 Å². The van der Waals surface area contributed by atoms with Gasteiger partial charge in [-0.1, -0.05) is 52.9 Å². The molecule has 1 amide bonds. The third-order valence-corrected chi connectivity index (χ3v) is 3.19. The Hall–Kier alpha value is -0.530. The maximum absolute atomic E-state index is 11.6. The van der Waals surface area contributed by atoms with Gasteiger partial charge < -0.3 is 5.32 Å². The first kappa shape index (κ1) is 15.5. The fraction of sp³-hybridized carbons (Fsp3) is 0.929. The van der Waals surface area contributed by atoms with E-state index in [0.717, 1.165) is 25.8 Å². The molecule has 0 saturated carbocycles. The van der Waals surface area contributed by atoms with Crippen molar-refractivity contribution >= 4 is 5.91 Å². The lowest BCUT2D eigenvalue weighted by Gasteiger charge is -2.12. The molecule has 0 aromatic rings. The smallest absolute Gasteiger partial charge is 0.223 e. The zero-order chi connectivity index (χ0) is 12.2. The Bertz CT molecular complexity index is 164. The zero-order valence-electron chi connectivity index (χ0n) is 11.3. The van der Waals surface area contributed by atoms with E-state index in [0.29, 0.717) is 0 Å². The van der Waals surface area contributed by atoms with Crippen molar-refractivity contribution < 1.29 is 4.79 Å². The van der Waals surface area contributed by atoms with Crippen molar-refractivity contribution in [3.05, 3.63) is 0 Å². The lowest BCUT2D eigenvalue weighted by Crippen LogP contribution is -2.30. The van der Waals surface area contributed by atoms with E-state index in [1.165, 1.54) is 32.1 Å². The van der Waals surface area contributed by atoms with Crippen molar-refractivity contribution in [3.8, 4) is 0 Å². The van der Waals surface area contributed by atoms with Crippen molar-refractivity contribution in [3.63, 3.8) is 0 Å². The van der Waals surface area contributed by atoms with Crippen LogP contribution in [0, 0.1) is 5.92 Å². The van der Waals surface area contributed by atoms with E-state index >= 15 is 0 Å². The molecular weight excluding hydrogens is 198 g/mol. The van der Waals surface area contributed by atoms with Crippen LogP contribution in [0.5, 0.6) is 0 Å². The second-order valence-corrected chi connectivity index (χ2v) is 4.57. The summed E-state index contributed by atoms with van der Waals surface area (Å²) in [6, 6.07) is 0. The Morgan fingerprint density at radius 3 is 2.06 bits per heavy atom. The largest absolute Gasteiger partial charge is 0.356 e. The van der Waals surface area contributed by atoms with Crippen molar-refractivity contribution in [1.82, 2.24) is 5.32 Å². The maximum atomic E-state index is 11.6. The van der Waals surface area contributed by atoms with Gasteiger partial charge in [0.25, 0.3) is 0 Å². The zero-order valence-corrected chi connectivity index (χ0v) is 11.3. The minimum absolute atomic E-state index is 0.222. The fourth-order valence-electron chi connectivity index (χ4n) is 1.92. The quantitative estimate of drug-likeness (QED) is 0.563. The number of hydrogen-bond acceptors (Lipinski definition) is 1. The number of carbonyl (C=O) groups excluding carboxylic acids is 1. The van der Waals surface area contributed by atoms with Crippen LogP contribution in [0.15, 0.2) is 0 Å². The molecule has 0 heterocycles. The summed E-state index contributed by atoms with van der Waals surface area (Å²) in [5.74, 6) is 0.471. The van der Waals surface area contributed by atoms with Crippen LogP contribution in [0.4, 0.5) is 0 Å². The van der Waals surface area contributed by atoms with Crippen LogP contribution in [0.25, 0.3) is 0 Å². The van der Waals surface area contributed by atoms with Crippen LogP contribution in [-0.2, 0) is 4.79 Å². The molecule has 0 saturated heterocycles. The predicted molar refractivity (Wildman–Crippen MR) is 70.5 cm³/mol. The normalized spacial score (nSPS) is 10.8. The molecule has 2 heteroatoms. The van der Waals surface area contributed by atoms with Gasteiger partial charge in [-0.3, -0.25) is 4.79 Å². The highest BCUT2D eigenvalue weighted by molar-refractivity contribution is 5.78. The van der Waals surface area contributed by atoms with Gasteiger partial charge >= 0.3 is 0 Å². The van der Waals surface area contributed by atoms with E-state index in [1.807, 2.05) is 0 Å². The Morgan fingerprint density at radius 2 is 1.50 bits per heavy atom. The van der Waals surface area contributed by atoms with E-state index in [-0.39, 0.29) is 11.8 Å². The first-order valence-electron chi connectivity index (χ1n) is 7.03. The SMILES string of the molecule is CCCCCCCCNC(=O)C(CC)CC. The predicted octanol–water partition coefficient (Wildman–Crippen LogP) is 3.90. The molecule has 0 aromatic heterocycles. The Labute approximate surface area is 101 Å². The van der Waals surface area contributed by atoms with Crippen LogP contribution in [-0.4, -0.2) is 12.5 Å². The van der Waals surface area contributed by atoms with Gasteiger partial charge in [0.2, 0.25) is 5.91 Å². The molecule has 0 atom stereocenters. The molecule has 0 unspecified atom stereocenters. The van der Waals surface area contributed by atoms with Gasteiger partial charge in [0.15, 0.2) is 0 Å². The number of amides is 1. The van der Waals surface area contributed by atoms with Gasteiger partial charge in [-0.2, -0.15) is 0 Å². The van der Waals surface area contributed by atoms with E-state index in [1.54, 1.807) is 0 Å². The van der Waals surface area contributed by atoms with E-state index in [9.17, 15) is 4.79 Å². The number of carbonyl (C=O) groups is 1. The maximum Gasteiger partial charge on any atom is 0.223 e. The van der Waals surface area contributed by atoms with Gasteiger partial charge in [0.05, 0.1) is 0 Å². The van der Waals surface area contributed by atoms with Crippen molar-refractivity contribution in [2.24, 2.45) is 5.92 Å². The molecule has 2 nitrogen and oxygen atoms in total. The summed E-state index contributed by atoms with van der Waals surface area (Å²) >= 11 is 0. The molecule has 0 aliphatic rings. The first-order valence-corrected chi connectivity index (χ1v) is 7.03. The standard InChI is InChI=1S/C14H29NO/c1-4-7-8-9-10-11-12-15-14(16)13(5-2)6-3/h13H,4-12H2,1-3H3,(H,15,16). The molecule has 0 aliphatic heterocycles. The highest BCUT2D eigenvalue weighted by Gasteiger charge is 2.12. The van der Waals surface area contributed by atoms with Gasteiger partial charge in [-0.05, 0) is 19.3 Å². The van der Waals surface area contributed by atoms with Gasteiger partial charge in [0.1, 0.15) is 0 Å². The molecule has 0 aliphatic carbocycles. The molecule has 0 aromatic carbocycles. The fourth-order valence-corrected chi connectivity index (χ4v) is 1.92. The minimum atomic E-state index is 0.222. The molecule has 0 bridgehead atoms. The molecular formula is C14H29NO. The summed E-state index contributed by atoms with van der Waals surface area (Å²) in [7, 11) is 0. The van der Waals surface area contributed by atoms with Crippen molar-refractivity contribution in [2.45, 2.75) is 72.1 Å². The summed E-state index contributed by atoms with van der Waals surface area (Å²) in [5, 5.41) is 3.04. The molecule has 1 N–H and O–H groups in total. The Balaban J connectivity index is 3.33. The third kappa shape index (κ3) is 7.72. The van der Waals surface area contributed by atoms with E-state index in [2.05, 4.69) is 26.1 Å². The summed E-state index contributed by atoms with van der Waals surface area (Å²) < 4.78 is 0. The second kappa shape index (κ2) is 11.0. The average Bonchev–Trinajstić information content (AvgIpc) is 2.29. The number of rotatable bonds is 10. The number of nitrogens with one attached hydrogen (secondary N) is 1. The molecule has 96 valence electrons. The summed E-state index contributed by atoms with van der Waals surface area (Å²) in [6.45, 7) is 7.26. The van der Waals surface area contributed by atoms with Crippen LogP contribution in [0.3, 0.4) is 0 Å². The highest BCUT2D eigenvalue weighted by Crippen LogP contribution is 2.07. The van der Waals surface area contributed by atoms with Crippen LogP contribution in [0.1, 0.15) is 72.1 Å². The van der Waals surface area contributed by atoms with E-state index in [4.69, 9.17) is 0 Å².